The molecule has 0 radical (unpaired) electrons. The first kappa shape index (κ1) is 9.27. The van der Waals surface area contributed by atoms with Gasteiger partial charge >= 0.3 is 0 Å². The first-order chi connectivity index (χ1) is 6.61. The van der Waals surface area contributed by atoms with Crippen LogP contribution < -0.4 is 0 Å². The SMILES string of the molecule is CC(=O)c1cc2occc2c(Br)c1O. The van der Waals surface area contributed by atoms with E-state index < -0.39 is 0 Å². The maximum atomic E-state index is 11.2. The maximum Gasteiger partial charge on any atom is 0.163 e. The highest BCUT2D eigenvalue weighted by Gasteiger charge is 2.14. The Morgan fingerprint density at radius 2 is 2.29 bits per heavy atom. The normalized spacial score (nSPS) is 10.7. The van der Waals surface area contributed by atoms with Crippen molar-refractivity contribution in [1.82, 2.24) is 0 Å². The van der Waals surface area contributed by atoms with Crippen molar-refractivity contribution in [1.29, 1.82) is 0 Å². The van der Waals surface area contributed by atoms with Crippen LogP contribution in [0.15, 0.2) is 27.3 Å². The first-order valence-corrected chi connectivity index (χ1v) is 4.80. The van der Waals surface area contributed by atoms with Gasteiger partial charge in [-0.3, -0.25) is 4.79 Å². The number of halogens is 1. The summed E-state index contributed by atoms with van der Waals surface area (Å²) in [5, 5.41) is 10.4. The average molecular weight is 255 g/mol. The summed E-state index contributed by atoms with van der Waals surface area (Å²) in [5.74, 6) is -0.229. The van der Waals surface area contributed by atoms with Crippen LogP contribution in [0.5, 0.6) is 5.75 Å². The van der Waals surface area contributed by atoms with Gasteiger partial charge in [-0.05, 0) is 35.0 Å². The van der Waals surface area contributed by atoms with Crippen LogP contribution in [0.4, 0.5) is 0 Å². The van der Waals surface area contributed by atoms with E-state index in [2.05, 4.69) is 15.9 Å². The van der Waals surface area contributed by atoms with Gasteiger partial charge < -0.3 is 9.52 Å². The van der Waals surface area contributed by atoms with Crippen LogP contribution in [0.3, 0.4) is 0 Å². The van der Waals surface area contributed by atoms with Gasteiger partial charge in [0.15, 0.2) is 5.78 Å². The van der Waals surface area contributed by atoms with Crippen molar-refractivity contribution in [3.63, 3.8) is 0 Å². The highest BCUT2D eigenvalue weighted by molar-refractivity contribution is 9.10. The zero-order valence-electron chi connectivity index (χ0n) is 7.37. The molecule has 0 fully saturated rings. The molecular weight excluding hydrogens is 248 g/mol. The number of furan rings is 1. The molecule has 0 aliphatic rings. The molecule has 72 valence electrons. The molecule has 1 heterocycles. The van der Waals surface area contributed by atoms with Gasteiger partial charge in [-0.25, -0.2) is 0 Å². The van der Waals surface area contributed by atoms with Crippen molar-refractivity contribution in [2.24, 2.45) is 0 Å². The lowest BCUT2D eigenvalue weighted by Gasteiger charge is -2.03. The number of benzene rings is 1. The summed E-state index contributed by atoms with van der Waals surface area (Å²) in [4.78, 5) is 11.2. The number of ketones is 1. The summed E-state index contributed by atoms with van der Waals surface area (Å²) in [6.45, 7) is 1.40. The minimum absolute atomic E-state index is 0.0357. The molecule has 14 heavy (non-hydrogen) atoms. The zero-order valence-corrected chi connectivity index (χ0v) is 8.96. The highest BCUT2D eigenvalue weighted by atomic mass is 79.9. The number of rotatable bonds is 1. The Labute approximate surface area is 88.5 Å². The summed E-state index contributed by atoms with van der Waals surface area (Å²) in [5.41, 5.74) is 0.846. The lowest BCUT2D eigenvalue weighted by atomic mass is 10.1. The Hall–Kier alpha value is -1.29. The Morgan fingerprint density at radius 1 is 1.57 bits per heavy atom. The van der Waals surface area contributed by atoms with Crippen LogP contribution in [-0.2, 0) is 0 Å². The predicted octanol–water partition coefficient (Wildman–Crippen LogP) is 3.10. The standard InChI is InChI=1S/C10H7BrO3/c1-5(12)7-4-8-6(2-3-14-8)9(11)10(7)13/h2-4,13H,1H3. The Bertz CT molecular complexity index is 513. The fourth-order valence-electron chi connectivity index (χ4n) is 1.33. The molecular formula is C10H7BrO3. The van der Waals surface area contributed by atoms with E-state index in [0.29, 0.717) is 10.1 Å². The number of phenolic OH excluding ortho intramolecular Hbond substituents is 1. The molecule has 2 rings (SSSR count). The van der Waals surface area contributed by atoms with Crippen LogP contribution in [0, 0.1) is 0 Å². The molecule has 1 aromatic heterocycles. The molecule has 0 bridgehead atoms. The molecule has 0 aliphatic carbocycles. The second kappa shape index (κ2) is 3.13. The van der Waals surface area contributed by atoms with Gasteiger partial charge in [-0.1, -0.05) is 0 Å². The molecule has 2 aromatic rings. The zero-order chi connectivity index (χ0) is 10.3. The maximum absolute atomic E-state index is 11.2. The van der Waals surface area contributed by atoms with Crippen LogP contribution in [-0.4, -0.2) is 10.9 Å². The van der Waals surface area contributed by atoms with Gasteiger partial charge in [0.2, 0.25) is 0 Å². The van der Waals surface area contributed by atoms with E-state index in [-0.39, 0.29) is 17.1 Å². The number of aromatic hydroxyl groups is 1. The third-order valence-corrected chi connectivity index (χ3v) is 2.85. The van der Waals surface area contributed by atoms with E-state index in [0.717, 1.165) is 5.39 Å². The fourth-order valence-corrected chi connectivity index (χ4v) is 1.87. The molecule has 4 heteroatoms. The third-order valence-electron chi connectivity index (χ3n) is 2.05. The smallest absolute Gasteiger partial charge is 0.163 e. The van der Waals surface area contributed by atoms with Crippen LogP contribution in [0.25, 0.3) is 11.0 Å². The monoisotopic (exact) mass is 254 g/mol. The van der Waals surface area contributed by atoms with Crippen LogP contribution >= 0.6 is 15.9 Å². The Morgan fingerprint density at radius 3 is 2.93 bits per heavy atom. The quantitative estimate of drug-likeness (QED) is 0.796. The third kappa shape index (κ3) is 1.23. The minimum atomic E-state index is -0.193. The number of hydrogen-bond acceptors (Lipinski definition) is 3. The molecule has 0 aliphatic heterocycles. The van der Waals surface area contributed by atoms with E-state index in [1.165, 1.54) is 19.3 Å². The predicted molar refractivity (Wildman–Crippen MR) is 55.6 cm³/mol. The number of carbonyl (C=O) groups excluding carboxylic acids is 1. The lowest BCUT2D eigenvalue weighted by molar-refractivity contribution is 0.101. The fraction of sp³-hybridized carbons (Fsp3) is 0.100. The van der Waals surface area contributed by atoms with E-state index in [1.54, 1.807) is 6.07 Å². The molecule has 0 saturated carbocycles. The number of hydrogen-bond donors (Lipinski definition) is 1. The van der Waals surface area contributed by atoms with Crippen molar-refractivity contribution in [2.45, 2.75) is 6.92 Å². The van der Waals surface area contributed by atoms with Crippen LogP contribution in [0.1, 0.15) is 17.3 Å². The second-order valence-corrected chi connectivity index (χ2v) is 3.77. The van der Waals surface area contributed by atoms with E-state index >= 15 is 0 Å². The van der Waals surface area contributed by atoms with Gasteiger partial charge in [-0.15, -0.1) is 0 Å². The van der Waals surface area contributed by atoms with E-state index in [9.17, 15) is 9.90 Å². The number of Topliss-reactive ketones (excluding diaryl/α,β-unsaturated/α-hetero) is 1. The molecule has 1 aromatic carbocycles. The number of carbonyl (C=O) groups is 1. The molecule has 0 unspecified atom stereocenters. The van der Waals surface area contributed by atoms with Crippen molar-refractivity contribution in [3.05, 3.63) is 28.4 Å². The first-order valence-electron chi connectivity index (χ1n) is 4.01. The minimum Gasteiger partial charge on any atom is -0.506 e. The summed E-state index contributed by atoms with van der Waals surface area (Å²) in [6.07, 6.45) is 1.51. The molecule has 0 spiro atoms. The Kier molecular flexibility index (Phi) is 2.07. The highest BCUT2D eigenvalue weighted by Crippen LogP contribution is 2.36. The number of phenols is 1. The van der Waals surface area contributed by atoms with Gasteiger partial charge in [-0.2, -0.15) is 0 Å². The summed E-state index contributed by atoms with van der Waals surface area (Å²) >= 11 is 3.22. The van der Waals surface area contributed by atoms with Crippen molar-refractivity contribution in [2.75, 3.05) is 0 Å². The van der Waals surface area contributed by atoms with Gasteiger partial charge in [0.05, 0.1) is 16.3 Å². The van der Waals surface area contributed by atoms with Crippen molar-refractivity contribution in [3.8, 4) is 5.75 Å². The van der Waals surface area contributed by atoms with Crippen LogP contribution in [0.2, 0.25) is 0 Å². The van der Waals surface area contributed by atoms with E-state index in [1.807, 2.05) is 0 Å². The summed E-state index contributed by atoms with van der Waals surface area (Å²) in [7, 11) is 0. The molecule has 0 amide bonds. The molecule has 0 saturated heterocycles. The largest absolute Gasteiger partial charge is 0.506 e. The second-order valence-electron chi connectivity index (χ2n) is 2.98. The topological polar surface area (TPSA) is 50.4 Å². The number of fused-ring (bicyclic) bond motifs is 1. The Balaban J connectivity index is 2.87. The lowest BCUT2D eigenvalue weighted by Crippen LogP contribution is -1.92. The summed E-state index contributed by atoms with van der Waals surface area (Å²) in [6, 6.07) is 3.26. The average Bonchev–Trinajstić information content (AvgIpc) is 2.58. The van der Waals surface area contributed by atoms with Gasteiger partial charge in [0, 0.05) is 5.39 Å². The van der Waals surface area contributed by atoms with Crippen molar-refractivity contribution < 1.29 is 14.3 Å². The van der Waals surface area contributed by atoms with Gasteiger partial charge in [0.25, 0.3) is 0 Å². The molecule has 3 nitrogen and oxygen atoms in total. The molecule has 1 N–H and O–H groups in total. The van der Waals surface area contributed by atoms with Crippen molar-refractivity contribution >= 4 is 32.7 Å². The molecule has 0 atom stereocenters. The van der Waals surface area contributed by atoms with E-state index in [4.69, 9.17) is 4.42 Å². The van der Waals surface area contributed by atoms with Gasteiger partial charge in [0.1, 0.15) is 11.3 Å². The summed E-state index contributed by atoms with van der Waals surface area (Å²) < 4.78 is 5.65.